The molecular weight excluding hydrogens is 294 g/mol. The fraction of sp³-hybridized carbons (Fsp3) is 0.118. The van der Waals surface area contributed by atoms with Crippen LogP contribution in [0.5, 0.6) is 0 Å². The maximum absolute atomic E-state index is 12.6. The minimum atomic E-state index is -0.376. The number of para-hydroxylation sites is 2. The van der Waals surface area contributed by atoms with Crippen molar-refractivity contribution in [3.8, 4) is 0 Å². The van der Waals surface area contributed by atoms with Crippen LogP contribution in [0.25, 0.3) is 21.8 Å². The van der Waals surface area contributed by atoms with E-state index in [-0.39, 0.29) is 23.8 Å². The third-order valence-corrected chi connectivity index (χ3v) is 3.56. The summed E-state index contributed by atoms with van der Waals surface area (Å²) in [6.45, 7) is 1.30. The fourth-order valence-corrected chi connectivity index (χ4v) is 2.59. The normalized spacial score (nSPS) is 10.7. The van der Waals surface area contributed by atoms with Crippen LogP contribution in [0.1, 0.15) is 6.92 Å². The SMILES string of the molecule is CC(=O)NNC(=O)Cn1c2ccccc2c(=O)c2ccccc21. The summed E-state index contributed by atoms with van der Waals surface area (Å²) in [6, 6.07) is 14.3. The van der Waals surface area contributed by atoms with Gasteiger partial charge in [-0.15, -0.1) is 0 Å². The molecule has 0 fully saturated rings. The van der Waals surface area contributed by atoms with Crippen LogP contribution in [0.4, 0.5) is 0 Å². The van der Waals surface area contributed by atoms with Crippen LogP contribution in [0.2, 0.25) is 0 Å². The van der Waals surface area contributed by atoms with Gasteiger partial charge in [0.2, 0.25) is 5.91 Å². The Hall–Kier alpha value is -3.15. The van der Waals surface area contributed by atoms with Crippen molar-refractivity contribution in [3.05, 3.63) is 58.8 Å². The molecule has 0 aliphatic heterocycles. The monoisotopic (exact) mass is 309 g/mol. The number of nitrogens with zero attached hydrogens (tertiary/aromatic N) is 1. The number of pyridine rings is 1. The number of fused-ring (bicyclic) bond motifs is 2. The van der Waals surface area contributed by atoms with E-state index < -0.39 is 0 Å². The van der Waals surface area contributed by atoms with Gasteiger partial charge in [-0.25, -0.2) is 0 Å². The number of benzene rings is 2. The van der Waals surface area contributed by atoms with E-state index in [2.05, 4.69) is 10.9 Å². The van der Waals surface area contributed by atoms with Crippen LogP contribution in [-0.4, -0.2) is 16.4 Å². The second kappa shape index (κ2) is 5.92. The first-order valence-electron chi connectivity index (χ1n) is 7.13. The van der Waals surface area contributed by atoms with Crippen molar-refractivity contribution in [2.24, 2.45) is 0 Å². The third-order valence-electron chi connectivity index (χ3n) is 3.56. The highest BCUT2D eigenvalue weighted by atomic mass is 16.2. The maximum atomic E-state index is 12.6. The van der Waals surface area contributed by atoms with Crippen LogP contribution in [0, 0.1) is 0 Å². The molecule has 0 radical (unpaired) electrons. The molecule has 6 heteroatoms. The molecule has 3 aromatic rings. The van der Waals surface area contributed by atoms with E-state index in [9.17, 15) is 14.4 Å². The molecule has 1 aromatic heterocycles. The first kappa shape index (κ1) is 14.8. The Morgan fingerprint density at radius 3 is 1.96 bits per heavy atom. The topological polar surface area (TPSA) is 80.2 Å². The third kappa shape index (κ3) is 2.78. The number of rotatable bonds is 2. The Morgan fingerprint density at radius 2 is 1.43 bits per heavy atom. The van der Waals surface area contributed by atoms with E-state index in [1.807, 2.05) is 12.1 Å². The highest BCUT2D eigenvalue weighted by Gasteiger charge is 2.12. The molecule has 1 heterocycles. The van der Waals surface area contributed by atoms with Crippen LogP contribution < -0.4 is 16.3 Å². The molecule has 0 spiro atoms. The maximum Gasteiger partial charge on any atom is 0.258 e. The van der Waals surface area contributed by atoms with E-state index in [0.29, 0.717) is 21.8 Å². The number of nitrogens with one attached hydrogen (secondary N) is 2. The first-order valence-corrected chi connectivity index (χ1v) is 7.13. The van der Waals surface area contributed by atoms with Gasteiger partial charge in [-0.1, -0.05) is 24.3 Å². The number of carbonyl (C=O) groups excluding carboxylic acids is 2. The minimum Gasteiger partial charge on any atom is -0.331 e. The molecule has 0 unspecified atom stereocenters. The number of aromatic nitrogens is 1. The summed E-state index contributed by atoms with van der Waals surface area (Å²) < 4.78 is 1.77. The van der Waals surface area contributed by atoms with Crippen molar-refractivity contribution >= 4 is 33.6 Å². The quantitative estimate of drug-likeness (QED) is 0.553. The summed E-state index contributed by atoms with van der Waals surface area (Å²) in [4.78, 5) is 35.5. The van der Waals surface area contributed by atoms with E-state index in [4.69, 9.17) is 0 Å². The number of carbonyl (C=O) groups is 2. The lowest BCUT2D eigenvalue weighted by Crippen LogP contribution is -2.42. The predicted molar refractivity (Wildman–Crippen MR) is 87.7 cm³/mol. The molecule has 2 aromatic carbocycles. The van der Waals surface area contributed by atoms with Crippen LogP contribution in [-0.2, 0) is 16.1 Å². The summed E-state index contributed by atoms with van der Waals surface area (Å²) in [5, 5.41) is 1.11. The van der Waals surface area contributed by atoms with Crippen LogP contribution >= 0.6 is 0 Å². The summed E-state index contributed by atoms with van der Waals surface area (Å²) in [6.07, 6.45) is 0. The molecule has 0 aliphatic carbocycles. The van der Waals surface area contributed by atoms with Gasteiger partial charge in [0.25, 0.3) is 5.91 Å². The lowest BCUT2D eigenvalue weighted by Gasteiger charge is -2.15. The molecule has 0 aliphatic rings. The largest absolute Gasteiger partial charge is 0.331 e. The zero-order valence-electron chi connectivity index (χ0n) is 12.5. The minimum absolute atomic E-state index is 0.0123. The van der Waals surface area contributed by atoms with Crippen molar-refractivity contribution in [3.63, 3.8) is 0 Å². The standard InChI is InChI=1S/C17H15N3O3/c1-11(21)18-19-16(22)10-20-14-8-4-2-6-12(14)17(23)13-7-3-5-9-15(13)20/h2-9H,10H2,1H3,(H,18,21)(H,19,22). The zero-order chi connectivity index (χ0) is 16.4. The van der Waals surface area contributed by atoms with Crippen molar-refractivity contribution in [2.75, 3.05) is 0 Å². The molecule has 116 valence electrons. The fourth-order valence-electron chi connectivity index (χ4n) is 2.59. The van der Waals surface area contributed by atoms with E-state index in [0.717, 1.165) is 0 Å². The molecule has 0 saturated heterocycles. The molecule has 6 nitrogen and oxygen atoms in total. The molecule has 2 amide bonds. The molecular formula is C17H15N3O3. The number of hydrogen-bond donors (Lipinski definition) is 2. The molecule has 3 rings (SSSR count). The number of hydrogen-bond acceptors (Lipinski definition) is 3. The van der Waals surface area contributed by atoms with Gasteiger partial charge in [0.1, 0.15) is 6.54 Å². The van der Waals surface area contributed by atoms with Crippen LogP contribution in [0.15, 0.2) is 53.3 Å². The Labute approximate surface area is 131 Å². The van der Waals surface area contributed by atoms with Crippen molar-refractivity contribution in [2.45, 2.75) is 13.5 Å². The number of amides is 2. The average Bonchev–Trinajstić information content (AvgIpc) is 2.57. The lowest BCUT2D eigenvalue weighted by molar-refractivity contribution is -0.128. The Morgan fingerprint density at radius 1 is 0.913 bits per heavy atom. The van der Waals surface area contributed by atoms with Gasteiger partial charge in [-0.3, -0.25) is 25.2 Å². The van der Waals surface area contributed by atoms with Gasteiger partial charge >= 0.3 is 0 Å². The van der Waals surface area contributed by atoms with Gasteiger partial charge in [-0.2, -0.15) is 0 Å². The molecule has 23 heavy (non-hydrogen) atoms. The highest BCUT2D eigenvalue weighted by molar-refractivity contribution is 5.95. The van der Waals surface area contributed by atoms with Gasteiger partial charge in [-0.05, 0) is 24.3 Å². The summed E-state index contributed by atoms with van der Waals surface area (Å²) in [7, 11) is 0. The summed E-state index contributed by atoms with van der Waals surface area (Å²) in [5.74, 6) is -0.730. The van der Waals surface area contributed by atoms with Gasteiger partial charge in [0.05, 0.1) is 11.0 Å². The smallest absolute Gasteiger partial charge is 0.258 e. The summed E-state index contributed by atoms with van der Waals surface area (Å²) >= 11 is 0. The average molecular weight is 309 g/mol. The molecule has 2 N–H and O–H groups in total. The van der Waals surface area contributed by atoms with Gasteiger partial charge < -0.3 is 4.57 Å². The first-order chi connectivity index (χ1) is 11.1. The lowest BCUT2D eigenvalue weighted by atomic mass is 10.1. The Kier molecular flexibility index (Phi) is 3.80. The van der Waals surface area contributed by atoms with E-state index in [1.165, 1.54) is 6.92 Å². The second-order valence-electron chi connectivity index (χ2n) is 5.18. The Balaban J connectivity index is 2.17. The van der Waals surface area contributed by atoms with E-state index in [1.54, 1.807) is 41.0 Å². The van der Waals surface area contributed by atoms with Crippen molar-refractivity contribution < 1.29 is 9.59 Å². The predicted octanol–water partition coefficient (Wildman–Crippen LogP) is 1.32. The molecule has 0 saturated carbocycles. The van der Waals surface area contributed by atoms with Gasteiger partial charge in [0, 0.05) is 17.7 Å². The second-order valence-corrected chi connectivity index (χ2v) is 5.18. The van der Waals surface area contributed by atoms with Crippen LogP contribution in [0.3, 0.4) is 0 Å². The highest BCUT2D eigenvalue weighted by Crippen LogP contribution is 2.18. The van der Waals surface area contributed by atoms with Crippen molar-refractivity contribution in [1.82, 2.24) is 15.4 Å². The van der Waals surface area contributed by atoms with Crippen molar-refractivity contribution in [1.29, 1.82) is 0 Å². The Bertz CT molecular complexity index is 916. The van der Waals surface area contributed by atoms with Gasteiger partial charge in [0.15, 0.2) is 5.43 Å². The van der Waals surface area contributed by atoms with E-state index >= 15 is 0 Å². The molecule has 0 atom stereocenters. The molecule has 0 bridgehead atoms. The summed E-state index contributed by atoms with van der Waals surface area (Å²) in [5.41, 5.74) is 5.89. The zero-order valence-corrected chi connectivity index (χ0v) is 12.5. The number of hydrazine groups is 1.